The van der Waals surface area contributed by atoms with Gasteiger partial charge in [-0.2, -0.15) is 0 Å². The molecule has 2 aliphatic rings. The lowest BCUT2D eigenvalue weighted by atomic mass is 10.0. The highest BCUT2D eigenvalue weighted by atomic mass is 16.5. The van der Waals surface area contributed by atoms with E-state index in [1.807, 2.05) is 18.2 Å². The minimum Gasteiger partial charge on any atom is -0.379 e. The van der Waals surface area contributed by atoms with Crippen LogP contribution in [0.2, 0.25) is 0 Å². The molecule has 2 fully saturated rings. The number of hydrogen-bond donors (Lipinski definition) is 2. The third kappa shape index (κ3) is 3.81. The first-order valence-corrected chi connectivity index (χ1v) is 7.70. The minimum atomic E-state index is 0.0470. The number of carbonyl (C=O) groups excluding carboxylic acids is 1. The second kappa shape index (κ2) is 7.02. The highest BCUT2D eigenvalue weighted by Crippen LogP contribution is 2.13. The smallest absolute Gasteiger partial charge is 0.251 e. The first-order chi connectivity index (χ1) is 10.3. The van der Waals surface area contributed by atoms with Crippen molar-refractivity contribution >= 4 is 5.91 Å². The molecule has 1 amide bonds. The van der Waals surface area contributed by atoms with Crippen molar-refractivity contribution in [3.63, 3.8) is 0 Å². The van der Waals surface area contributed by atoms with Gasteiger partial charge in [0.1, 0.15) is 0 Å². The minimum absolute atomic E-state index is 0.0470. The van der Waals surface area contributed by atoms with Crippen LogP contribution in [0.5, 0.6) is 0 Å². The standard InChI is InChI=1S/C16H23N3O2/c20-16(18-11-13-9-17-10-13)15-4-2-1-3-14(15)12-19-5-7-21-8-6-19/h1-4,13,17H,5-12H2,(H,18,20). The molecule has 0 atom stereocenters. The van der Waals surface area contributed by atoms with Gasteiger partial charge >= 0.3 is 0 Å². The average Bonchev–Trinajstić information content (AvgIpc) is 2.47. The molecule has 2 heterocycles. The summed E-state index contributed by atoms with van der Waals surface area (Å²) in [5.41, 5.74) is 1.90. The summed E-state index contributed by atoms with van der Waals surface area (Å²) in [6.07, 6.45) is 0. The van der Waals surface area contributed by atoms with E-state index in [0.717, 1.165) is 63.6 Å². The molecule has 114 valence electrons. The number of nitrogens with one attached hydrogen (secondary N) is 2. The normalized spacial score (nSPS) is 20.0. The van der Waals surface area contributed by atoms with Crippen molar-refractivity contribution in [2.45, 2.75) is 6.54 Å². The summed E-state index contributed by atoms with van der Waals surface area (Å²) in [5, 5.41) is 6.28. The fraction of sp³-hybridized carbons (Fsp3) is 0.562. The van der Waals surface area contributed by atoms with Crippen molar-refractivity contribution in [1.29, 1.82) is 0 Å². The molecule has 0 aliphatic carbocycles. The fourth-order valence-electron chi connectivity index (χ4n) is 2.70. The van der Waals surface area contributed by atoms with Crippen LogP contribution >= 0.6 is 0 Å². The zero-order valence-electron chi connectivity index (χ0n) is 12.3. The molecule has 0 unspecified atom stereocenters. The number of benzene rings is 1. The van der Waals surface area contributed by atoms with Crippen molar-refractivity contribution in [3.8, 4) is 0 Å². The Labute approximate surface area is 125 Å². The van der Waals surface area contributed by atoms with Crippen molar-refractivity contribution in [2.24, 2.45) is 5.92 Å². The van der Waals surface area contributed by atoms with Crippen LogP contribution in [-0.4, -0.2) is 56.7 Å². The summed E-state index contributed by atoms with van der Waals surface area (Å²) >= 11 is 0. The van der Waals surface area contributed by atoms with Gasteiger partial charge in [0, 0.05) is 50.7 Å². The van der Waals surface area contributed by atoms with Crippen LogP contribution in [0.25, 0.3) is 0 Å². The molecule has 5 nitrogen and oxygen atoms in total. The molecule has 2 aliphatic heterocycles. The second-order valence-electron chi connectivity index (χ2n) is 5.78. The van der Waals surface area contributed by atoms with Crippen LogP contribution in [0, 0.1) is 5.92 Å². The lowest BCUT2D eigenvalue weighted by Crippen LogP contribution is -2.48. The van der Waals surface area contributed by atoms with Gasteiger partial charge in [0.2, 0.25) is 0 Å². The molecule has 21 heavy (non-hydrogen) atoms. The number of ether oxygens (including phenoxy) is 1. The van der Waals surface area contributed by atoms with E-state index in [4.69, 9.17) is 4.74 Å². The van der Waals surface area contributed by atoms with E-state index in [0.29, 0.717) is 5.92 Å². The largest absolute Gasteiger partial charge is 0.379 e. The van der Waals surface area contributed by atoms with E-state index in [1.54, 1.807) is 0 Å². The quantitative estimate of drug-likeness (QED) is 0.827. The van der Waals surface area contributed by atoms with Crippen molar-refractivity contribution in [1.82, 2.24) is 15.5 Å². The molecule has 0 bridgehead atoms. The SMILES string of the molecule is O=C(NCC1CNC1)c1ccccc1CN1CCOCC1. The van der Waals surface area contributed by atoms with E-state index < -0.39 is 0 Å². The van der Waals surface area contributed by atoms with E-state index in [1.165, 1.54) is 0 Å². The van der Waals surface area contributed by atoms with E-state index in [9.17, 15) is 4.79 Å². The Bertz CT molecular complexity index is 482. The Kier molecular flexibility index (Phi) is 4.85. The van der Waals surface area contributed by atoms with E-state index >= 15 is 0 Å². The Morgan fingerprint density at radius 3 is 2.76 bits per heavy atom. The monoisotopic (exact) mass is 289 g/mol. The van der Waals surface area contributed by atoms with Gasteiger partial charge in [-0.25, -0.2) is 0 Å². The summed E-state index contributed by atoms with van der Waals surface area (Å²) in [7, 11) is 0. The Morgan fingerprint density at radius 2 is 2.05 bits per heavy atom. The summed E-state index contributed by atoms with van der Waals surface area (Å²) in [6.45, 7) is 7.03. The zero-order valence-corrected chi connectivity index (χ0v) is 12.3. The molecule has 0 saturated carbocycles. The molecule has 1 aromatic carbocycles. The van der Waals surface area contributed by atoms with Crippen LogP contribution in [-0.2, 0) is 11.3 Å². The molecule has 2 N–H and O–H groups in total. The summed E-state index contributed by atoms with van der Waals surface area (Å²) in [4.78, 5) is 14.7. The van der Waals surface area contributed by atoms with Crippen molar-refractivity contribution in [3.05, 3.63) is 35.4 Å². The van der Waals surface area contributed by atoms with Crippen LogP contribution in [0.4, 0.5) is 0 Å². The summed E-state index contributed by atoms with van der Waals surface area (Å²) in [5.74, 6) is 0.631. The highest BCUT2D eigenvalue weighted by molar-refractivity contribution is 5.95. The van der Waals surface area contributed by atoms with Crippen LogP contribution in [0.1, 0.15) is 15.9 Å². The lowest BCUT2D eigenvalue weighted by molar-refractivity contribution is 0.0340. The van der Waals surface area contributed by atoms with Gasteiger partial charge in [0.15, 0.2) is 0 Å². The van der Waals surface area contributed by atoms with E-state index in [2.05, 4.69) is 21.6 Å². The topological polar surface area (TPSA) is 53.6 Å². The maximum atomic E-state index is 12.4. The first-order valence-electron chi connectivity index (χ1n) is 7.70. The van der Waals surface area contributed by atoms with Crippen molar-refractivity contribution < 1.29 is 9.53 Å². The van der Waals surface area contributed by atoms with Gasteiger partial charge in [0.05, 0.1) is 13.2 Å². The van der Waals surface area contributed by atoms with Gasteiger partial charge in [-0.1, -0.05) is 18.2 Å². The molecule has 2 saturated heterocycles. The van der Waals surface area contributed by atoms with Gasteiger partial charge in [-0.15, -0.1) is 0 Å². The van der Waals surface area contributed by atoms with Crippen LogP contribution < -0.4 is 10.6 Å². The molecule has 0 aromatic heterocycles. The molecule has 0 spiro atoms. The predicted octanol–water partition coefficient (Wildman–Crippen LogP) is 0.468. The molecular formula is C16H23N3O2. The first kappa shape index (κ1) is 14.5. The van der Waals surface area contributed by atoms with Gasteiger partial charge in [0.25, 0.3) is 5.91 Å². The predicted molar refractivity (Wildman–Crippen MR) is 81.2 cm³/mol. The van der Waals surface area contributed by atoms with E-state index in [-0.39, 0.29) is 5.91 Å². The van der Waals surface area contributed by atoms with Crippen LogP contribution in [0.15, 0.2) is 24.3 Å². The third-order valence-electron chi connectivity index (χ3n) is 4.18. The maximum Gasteiger partial charge on any atom is 0.251 e. The molecular weight excluding hydrogens is 266 g/mol. The number of amides is 1. The summed E-state index contributed by atoms with van der Waals surface area (Å²) in [6, 6.07) is 7.91. The number of nitrogens with zero attached hydrogens (tertiary/aromatic N) is 1. The molecule has 1 aromatic rings. The number of morpholine rings is 1. The summed E-state index contributed by atoms with van der Waals surface area (Å²) < 4.78 is 5.37. The zero-order chi connectivity index (χ0) is 14.5. The third-order valence-corrected chi connectivity index (χ3v) is 4.18. The lowest BCUT2D eigenvalue weighted by Gasteiger charge is -2.28. The number of carbonyl (C=O) groups is 1. The highest BCUT2D eigenvalue weighted by Gasteiger charge is 2.19. The van der Waals surface area contributed by atoms with Gasteiger partial charge in [-0.05, 0) is 11.6 Å². The molecule has 5 heteroatoms. The number of hydrogen-bond acceptors (Lipinski definition) is 4. The van der Waals surface area contributed by atoms with Gasteiger partial charge in [-0.3, -0.25) is 9.69 Å². The Morgan fingerprint density at radius 1 is 1.29 bits per heavy atom. The second-order valence-corrected chi connectivity index (χ2v) is 5.78. The fourth-order valence-corrected chi connectivity index (χ4v) is 2.70. The van der Waals surface area contributed by atoms with Gasteiger partial charge < -0.3 is 15.4 Å². The maximum absolute atomic E-state index is 12.4. The molecule has 0 radical (unpaired) electrons. The van der Waals surface area contributed by atoms with Crippen molar-refractivity contribution in [2.75, 3.05) is 45.9 Å². The average molecular weight is 289 g/mol. The van der Waals surface area contributed by atoms with Crippen LogP contribution in [0.3, 0.4) is 0 Å². The number of rotatable bonds is 5. The Balaban J connectivity index is 1.61. The Hall–Kier alpha value is -1.43. The molecule has 3 rings (SSSR count).